The maximum atomic E-state index is 14.7. The largest absolute Gasteiger partial charge is 0.468 e. The maximum Gasteiger partial charge on any atom is 0.293 e. The van der Waals surface area contributed by atoms with Crippen molar-refractivity contribution in [2.24, 2.45) is 17.3 Å². The van der Waals surface area contributed by atoms with Crippen LogP contribution in [-0.2, 0) is 19.5 Å². The number of benzene rings is 3. The smallest absolute Gasteiger partial charge is 0.293 e. The number of ether oxygens (including phenoxy) is 3. The van der Waals surface area contributed by atoms with Gasteiger partial charge in [0.1, 0.15) is 23.1 Å². The lowest BCUT2D eigenvalue weighted by atomic mass is 9.53. The molecule has 1 spiro atoms. The van der Waals surface area contributed by atoms with Gasteiger partial charge in [-0.05, 0) is 135 Å². The van der Waals surface area contributed by atoms with Crippen LogP contribution in [0.15, 0.2) is 83.9 Å². The fraction of sp³-hybridized carbons (Fsp3) is 0.527. The Kier molecular flexibility index (Phi) is 13.2. The van der Waals surface area contributed by atoms with Crippen molar-refractivity contribution in [3.63, 3.8) is 0 Å². The molecule has 388 valence electrons. The van der Waals surface area contributed by atoms with Crippen molar-refractivity contribution < 1.29 is 37.5 Å². The number of hydrogen-bond acceptors (Lipinski definition) is 14. The van der Waals surface area contributed by atoms with Gasteiger partial charge in [-0.15, -0.1) is 0 Å². The molecule has 4 aliphatic heterocycles. The van der Waals surface area contributed by atoms with Crippen LogP contribution in [-0.4, -0.2) is 116 Å². The Labute approximate surface area is 427 Å². The Bertz CT molecular complexity index is 3000. The van der Waals surface area contributed by atoms with Crippen molar-refractivity contribution in [3.05, 3.63) is 106 Å². The first-order valence-electron chi connectivity index (χ1n) is 26.2. The quantitative estimate of drug-likeness (QED) is 0.0681. The van der Waals surface area contributed by atoms with E-state index >= 15 is 0 Å². The molecule has 5 fully saturated rings. The number of aromatic amines is 1. The molecule has 3 saturated heterocycles. The van der Waals surface area contributed by atoms with E-state index in [0.29, 0.717) is 86.4 Å². The van der Waals surface area contributed by atoms with Gasteiger partial charge in [-0.3, -0.25) is 19.8 Å². The Morgan fingerprint density at radius 2 is 1.73 bits per heavy atom. The van der Waals surface area contributed by atoms with Gasteiger partial charge in [0.15, 0.2) is 0 Å². The summed E-state index contributed by atoms with van der Waals surface area (Å²) in [6, 6.07) is 22.4. The summed E-state index contributed by atoms with van der Waals surface area (Å²) in [6.45, 7) is 14.0. The minimum atomic E-state index is -4.63. The van der Waals surface area contributed by atoms with Crippen LogP contribution >= 0.6 is 0 Å². The molecular formula is C55H68N8O9S. The Hall–Kier alpha value is -5.79. The van der Waals surface area contributed by atoms with Crippen LogP contribution in [0.1, 0.15) is 113 Å². The molecule has 0 bridgehead atoms. The van der Waals surface area contributed by atoms with Gasteiger partial charge in [-0.2, -0.15) is 4.98 Å². The van der Waals surface area contributed by atoms with Crippen LogP contribution in [0, 0.1) is 27.4 Å². The van der Waals surface area contributed by atoms with E-state index < -0.39 is 43.1 Å². The monoisotopic (exact) mass is 1020 g/mol. The lowest BCUT2D eigenvalue weighted by Crippen LogP contribution is -2.63. The average Bonchev–Trinajstić information content (AvgIpc) is 3.85. The van der Waals surface area contributed by atoms with Gasteiger partial charge in [0.25, 0.3) is 21.6 Å². The topological polar surface area (TPSA) is 205 Å². The fourth-order valence-corrected chi connectivity index (χ4v) is 13.9. The summed E-state index contributed by atoms with van der Waals surface area (Å²) in [5.41, 5.74) is 4.81. The molecule has 5 aromatic rings. The molecule has 11 rings (SSSR count). The second kappa shape index (κ2) is 19.5. The van der Waals surface area contributed by atoms with Crippen molar-refractivity contribution in [2.75, 3.05) is 67.7 Å². The number of piperidine rings is 1. The molecule has 0 radical (unpaired) electrons. The van der Waals surface area contributed by atoms with Crippen LogP contribution in [0.5, 0.6) is 5.88 Å². The van der Waals surface area contributed by atoms with Crippen LogP contribution < -0.4 is 24.6 Å². The molecule has 73 heavy (non-hydrogen) atoms. The standard InChI is InChI=1S/C55H68N8O9S/c1-34(2)40-7-5-6-8-41(40)49-32-71-26-24-61(49)48-30-55(35(48)3)19-22-60(23-20-55)38-9-11-42(45(28-38)62-44-16-25-70-33-50(44)72-53-47(62)27-37-15-21-56-51(37)58-53)52(64)59-73(68,69)39-10-12-43(46(29-39)63(66)67)57-31-36-13-17-54(4,65)18-14-36/h5-12,15,21,27-29,34-36,44,48-50,57,65H,13-14,16-20,22-26,30-33H2,1-4H3,(H,56,58)(H,59,64)/t35-,36?,44-,48-,49-,50-,54?/m0/s1. The number of sulfonamides is 1. The van der Waals surface area contributed by atoms with Gasteiger partial charge in [0.05, 0.1) is 58.6 Å². The number of nitrogens with one attached hydrogen (secondary N) is 3. The Morgan fingerprint density at radius 1 is 0.945 bits per heavy atom. The number of nitro groups is 1. The van der Waals surface area contributed by atoms with E-state index in [1.54, 1.807) is 6.07 Å². The van der Waals surface area contributed by atoms with Crippen LogP contribution in [0.4, 0.5) is 28.4 Å². The van der Waals surface area contributed by atoms with Gasteiger partial charge in [-0.25, -0.2) is 13.1 Å². The lowest BCUT2D eigenvalue weighted by Gasteiger charge is -2.62. The number of carbonyl (C=O) groups is 1. The van der Waals surface area contributed by atoms with Crippen molar-refractivity contribution in [3.8, 4) is 5.88 Å². The molecular weight excluding hydrogens is 949 g/mol. The number of aromatic nitrogens is 2. The molecule has 17 nitrogen and oxygen atoms in total. The molecule has 3 aromatic carbocycles. The first-order valence-corrected chi connectivity index (χ1v) is 27.7. The first-order chi connectivity index (χ1) is 35.1. The highest BCUT2D eigenvalue weighted by atomic mass is 32.2. The molecule has 0 unspecified atom stereocenters. The number of pyridine rings is 1. The van der Waals surface area contributed by atoms with Gasteiger partial charge in [0.2, 0.25) is 5.88 Å². The van der Waals surface area contributed by atoms with Gasteiger partial charge < -0.3 is 39.4 Å². The van der Waals surface area contributed by atoms with Crippen LogP contribution in [0.2, 0.25) is 0 Å². The molecule has 4 N–H and O–H groups in total. The van der Waals surface area contributed by atoms with Crippen LogP contribution in [0.25, 0.3) is 11.0 Å². The predicted octanol–water partition coefficient (Wildman–Crippen LogP) is 8.82. The molecule has 6 heterocycles. The summed E-state index contributed by atoms with van der Waals surface area (Å²) < 4.78 is 49.3. The number of nitro benzene ring substituents is 1. The number of nitrogens with zero attached hydrogens (tertiary/aromatic N) is 5. The summed E-state index contributed by atoms with van der Waals surface area (Å²) in [7, 11) is -4.63. The molecule has 1 amide bonds. The van der Waals surface area contributed by atoms with Crippen molar-refractivity contribution >= 4 is 55.4 Å². The van der Waals surface area contributed by atoms with Crippen molar-refractivity contribution in [2.45, 2.75) is 120 Å². The highest BCUT2D eigenvalue weighted by molar-refractivity contribution is 7.90. The number of amides is 1. The van der Waals surface area contributed by atoms with E-state index in [2.05, 4.69) is 74.8 Å². The molecule has 5 atom stereocenters. The fourth-order valence-electron chi connectivity index (χ4n) is 13.0. The van der Waals surface area contributed by atoms with E-state index in [1.807, 2.05) is 37.4 Å². The number of morpholine rings is 1. The second-order valence-corrected chi connectivity index (χ2v) is 23.8. The third-order valence-corrected chi connectivity index (χ3v) is 18.7. The summed E-state index contributed by atoms with van der Waals surface area (Å²) in [5.74, 6) is 0.599. The third kappa shape index (κ3) is 9.42. The minimum absolute atomic E-state index is 0.113. The van der Waals surface area contributed by atoms with E-state index in [1.165, 1.54) is 23.3 Å². The highest BCUT2D eigenvalue weighted by Crippen LogP contribution is 2.57. The number of anilines is 4. The molecule has 2 saturated carbocycles. The van der Waals surface area contributed by atoms with Crippen molar-refractivity contribution in [1.29, 1.82) is 0 Å². The zero-order valence-electron chi connectivity index (χ0n) is 42.2. The Balaban J connectivity index is 0.873. The zero-order valence-corrected chi connectivity index (χ0v) is 43.0. The van der Waals surface area contributed by atoms with Crippen LogP contribution in [0.3, 0.4) is 0 Å². The summed E-state index contributed by atoms with van der Waals surface area (Å²) in [4.78, 5) is 41.3. The number of H-pyrrole nitrogens is 1. The first kappa shape index (κ1) is 49.4. The Morgan fingerprint density at radius 3 is 2.49 bits per heavy atom. The number of fused-ring (bicyclic) bond motifs is 3. The van der Waals surface area contributed by atoms with Crippen molar-refractivity contribution in [1.82, 2.24) is 19.6 Å². The van der Waals surface area contributed by atoms with E-state index in [9.17, 15) is 28.4 Å². The number of carbonyl (C=O) groups excluding carboxylic acids is 1. The van der Waals surface area contributed by atoms with Gasteiger partial charge >= 0.3 is 0 Å². The van der Waals surface area contributed by atoms with E-state index in [4.69, 9.17) is 19.2 Å². The molecule has 2 aliphatic carbocycles. The van der Waals surface area contributed by atoms with Gasteiger partial charge in [0, 0.05) is 62.2 Å². The molecule has 2 aromatic heterocycles. The predicted molar refractivity (Wildman–Crippen MR) is 279 cm³/mol. The molecule has 18 heteroatoms. The number of aliphatic hydroxyl groups is 1. The number of hydrogen-bond donors (Lipinski definition) is 4. The van der Waals surface area contributed by atoms with E-state index in [-0.39, 0.29) is 34.7 Å². The molecule has 6 aliphatic rings. The normalized spacial score (nSPS) is 27.2. The lowest BCUT2D eigenvalue weighted by molar-refractivity contribution is -0.384. The summed E-state index contributed by atoms with van der Waals surface area (Å²) in [5, 5.41) is 26.8. The van der Waals surface area contributed by atoms with Gasteiger partial charge in [-0.1, -0.05) is 45.0 Å². The average molecular weight is 1020 g/mol. The minimum Gasteiger partial charge on any atom is -0.468 e. The maximum absolute atomic E-state index is 14.7. The SMILES string of the molecule is CC(C)c1ccccc1[C@@H]1COCCN1[C@H]1CC2(CCN(c3ccc(C(=O)NS(=O)(=O)c4ccc(NCC5CCC(C)(O)CC5)c([N+](=O)[O-])c4)c(N4c5cc6cc[nH]c6nc5O[C@H]5COCC[C@@H]54)c3)CC2)[C@H]1C. The highest BCUT2D eigenvalue weighted by Gasteiger charge is 2.55. The second-order valence-electron chi connectivity index (χ2n) is 22.1. The summed E-state index contributed by atoms with van der Waals surface area (Å²) >= 11 is 0. The zero-order chi connectivity index (χ0) is 50.8. The number of rotatable bonds is 12. The van der Waals surface area contributed by atoms with E-state index in [0.717, 1.165) is 75.5 Å². The summed E-state index contributed by atoms with van der Waals surface area (Å²) in [6.07, 6.45) is 7.90. The third-order valence-electron chi connectivity index (χ3n) is 17.4.